The Morgan fingerprint density at radius 3 is 2.62 bits per heavy atom. The Morgan fingerprint density at radius 2 is 1.92 bits per heavy atom. The molecule has 188 valence electrons. The van der Waals surface area contributed by atoms with Crippen LogP contribution in [0.4, 0.5) is 10.1 Å². The molecule has 3 aromatic rings. The second-order valence-corrected chi connectivity index (χ2v) is 10.1. The summed E-state index contributed by atoms with van der Waals surface area (Å²) in [5, 5.41) is 9.61. The molecular formula is C27H22ClFN4O3S. The summed E-state index contributed by atoms with van der Waals surface area (Å²) in [6.07, 6.45) is 0.509. The molecule has 5 rings (SSSR count). The Balaban J connectivity index is 1.35. The van der Waals surface area contributed by atoms with Crippen molar-refractivity contribution in [2.45, 2.75) is 24.1 Å². The highest BCUT2D eigenvalue weighted by Crippen LogP contribution is 2.39. The molecule has 0 radical (unpaired) electrons. The van der Waals surface area contributed by atoms with E-state index in [-0.39, 0.29) is 18.4 Å². The van der Waals surface area contributed by atoms with Crippen LogP contribution in [0.3, 0.4) is 0 Å². The number of hydrogen-bond acceptors (Lipinski definition) is 6. The Hall–Kier alpha value is -3.69. The van der Waals surface area contributed by atoms with E-state index in [1.54, 1.807) is 18.2 Å². The highest BCUT2D eigenvalue weighted by atomic mass is 35.5. The van der Waals surface area contributed by atoms with Gasteiger partial charge in [0.2, 0.25) is 5.91 Å². The van der Waals surface area contributed by atoms with Gasteiger partial charge in [-0.05, 0) is 71.8 Å². The van der Waals surface area contributed by atoms with E-state index in [0.29, 0.717) is 22.3 Å². The number of rotatable bonds is 6. The molecule has 7 nitrogen and oxygen atoms in total. The Kier molecular flexibility index (Phi) is 7.25. The zero-order chi connectivity index (χ0) is 25.9. The van der Waals surface area contributed by atoms with E-state index < -0.39 is 17.0 Å². The van der Waals surface area contributed by atoms with Crippen LogP contribution in [-0.4, -0.2) is 40.1 Å². The molecule has 0 saturated heterocycles. The molecule has 1 N–H and O–H groups in total. The number of aliphatic imine (C=N–C) groups is 1. The number of methoxy groups -OCH3 is 1. The van der Waals surface area contributed by atoms with Gasteiger partial charge >= 0.3 is 0 Å². The number of nitrogens with zero attached hydrogens (tertiary/aromatic N) is 3. The van der Waals surface area contributed by atoms with Crippen LogP contribution < -0.4 is 10.1 Å². The maximum Gasteiger partial charge on any atom is 0.262 e. The molecule has 0 aliphatic carbocycles. The van der Waals surface area contributed by atoms with E-state index in [2.05, 4.69) is 10.3 Å². The molecule has 2 unspecified atom stereocenters. The summed E-state index contributed by atoms with van der Waals surface area (Å²) in [6.45, 7) is 0. The number of carbonyl (C=O) groups is 2. The van der Waals surface area contributed by atoms with Crippen molar-refractivity contribution >= 4 is 51.7 Å². The smallest absolute Gasteiger partial charge is 0.262 e. The highest BCUT2D eigenvalue weighted by molar-refractivity contribution is 8.15. The van der Waals surface area contributed by atoms with E-state index >= 15 is 0 Å². The fraction of sp³-hybridized carbons (Fsp3) is 0.185. The van der Waals surface area contributed by atoms with Crippen LogP contribution in [-0.2, 0) is 9.59 Å². The van der Waals surface area contributed by atoms with Crippen molar-refractivity contribution in [2.75, 3.05) is 12.4 Å². The van der Waals surface area contributed by atoms with Crippen molar-refractivity contribution in [3.05, 3.63) is 94.8 Å². The average Bonchev–Trinajstić information content (AvgIpc) is 3.49. The monoisotopic (exact) mass is 536 g/mol. The first kappa shape index (κ1) is 25.0. The summed E-state index contributed by atoms with van der Waals surface area (Å²) in [5.74, 6) is -0.406. The predicted molar refractivity (Wildman–Crippen MR) is 144 cm³/mol. The molecule has 0 fully saturated rings. The number of anilines is 1. The summed E-state index contributed by atoms with van der Waals surface area (Å²) < 4.78 is 18.4. The average molecular weight is 537 g/mol. The van der Waals surface area contributed by atoms with Crippen LogP contribution in [0.5, 0.6) is 5.75 Å². The van der Waals surface area contributed by atoms with E-state index in [4.69, 9.17) is 21.4 Å². The maximum atomic E-state index is 13.1. The van der Waals surface area contributed by atoms with Gasteiger partial charge in [0.15, 0.2) is 5.17 Å². The van der Waals surface area contributed by atoms with Gasteiger partial charge in [-0.25, -0.2) is 9.40 Å². The van der Waals surface area contributed by atoms with Crippen LogP contribution in [0.25, 0.3) is 0 Å². The molecule has 0 saturated carbocycles. The van der Waals surface area contributed by atoms with Gasteiger partial charge in [-0.1, -0.05) is 35.5 Å². The number of thioether (sulfide) groups is 1. The second-order valence-electron chi connectivity index (χ2n) is 8.49. The second kappa shape index (κ2) is 10.7. The molecule has 2 aliphatic heterocycles. The van der Waals surface area contributed by atoms with Crippen LogP contribution in [0.1, 0.15) is 30.0 Å². The van der Waals surface area contributed by atoms with E-state index in [1.807, 2.05) is 42.5 Å². The number of benzene rings is 3. The summed E-state index contributed by atoms with van der Waals surface area (Å²) >= 11 is 7.48. The minimum absolute atomic E-state index is 0.0708. The first-order valence-electron chi connectivity index (χ1n) is 11.5. The quantitative estimate of drug-likeness (QED) is 0.439. The minimum Gasteiger partial charge on any atom is -0.497 e. The highest BCUT2D eigenvalue weighted by Gasteiger charge is 2.39. The van der Waals surface area contributed by atoms with E-state index in [0.717, 1.165) is 22.6 Å². The van der Waals surface area contributed by atoms with E-state index in [1.165, 1.54) is 36.0 Å². The van der Waals surface area contributed by atoms with Crippen molar-refractivity contribution in [1.82, 2.24) is 5.01 Å². The van der Waals surface area contributed by atoms with Gasteiger partial charge in [0.25, 0.3) is 5.91 Å². The zero-order valence-electron chi connectivity index (χ0n) is 19.7. The van der Waals surface area contributed by atoms with Crippen molar-refractivity contribution < 1.29 is 18.7 Å². The van der Waals surface area contributed by atoms with Gasteiger partial charge in [0, 0.05) is 23.6 Å². The third kappa shape index (κ3) is 5.68. The van der Waals surface area contributed by atoms with Gasteiger partial charge in [-0.3, -0.25) is 9.59 Å². The molecule has 3 aromatic carbocycles. The van der Waals surface area contributed by atoms with Crippen molar-refractivity contribution in [3.63, 3.8) is 0 Å². The summed E-state index contributed by atoms with van der Waals surface area (Å²) in [7, 11) is 1.61. The van der Waals surface area contributed by atoms with E-state index in [9.17, 15) is 14.0 Å². The van der Waals surface area contributed by atoms with Crippen molar-refractivity contribution in [1.29, 1.82) is 0 Å². The first-order chi connectivity index (χ1) is 17.9. The van der Waals surface area contributed by atoms with Gasteiger partial charge in [0.1, 0.15) is 16.8 Å². The minimum atomic E-state index is -0.685. The lowest BCUT2D eigenvalue weighted by molar-refractivity contribution is -0.121. The van der Waals surface area contributed by atoms with Gasteiger partial charge in [-0.15, -0.1) is 0 Å². The maximum absolute atomic E-state index is 13.1. The number of amides is 2. The molecule has 37 heavy (non-hydrogen) atoms. The molecular weight excluding hydrogens is 515 g/mol. The lowest BCUT2D eigenvalue weighted by atomic mass is 9.98. The lowest BCUT2D eigenvalue weighted by Crippen LogP contribution is -2.25. The molecule has 2 amide bonds. The standard InChI is InChI=1S/C27H22ClFN4O3S/c1-36-21-11-5-16(6-12-21)22-14-23(17-3-2-4-18(28)13-17)33(32-22)27-31-26(35)24(37-27)15-25(34)30-20-9-7-19(29)8-10-20/h2-13,23-24H,14-15H2,1H3,(H,30,34). The topological polar surface area (TPSA) is 83.4 Å². The Labute approximate surface area is 222 Å². The largest absolute Gasteiger partial charge is 0.497 e. The number of nitrogens with one attached hydrogen (secondary N) is 1. The summed E-state index contributed by atoms with van der Waals surface area (Å²) in [4.78, 5) is 29.6. The number of hydrazone groups is 1. The van der Waals surface area contributed by atoms with Crippen LogP contribution in [0.2, 0.25) is 5.02 Å². The van der Waals surface area contributed by atoms with Crippen LogP contribution >= 0.6 is 23.4 Å². The van der Waals surface area contributed by atoms with Crippen LogP contribution in [0, 0.1) is 5.82 Å². The lowest BCUT2D eigenvalue weighted by Gasteiger charge is -2.23. The summed E-state index contributed by atoms with van der Waals surface area (Å²) in [6, 6.07) is 20.4. The number of ether oxygens (including phenoxy) is 1. The van der Waals surface area contributed by atoms with Crippen molar-refractivity contribution in [2.24, 2.45) is 10.1 Å². The number of halogens is 2. The van der Waals surface area contributed by atoms with Gasteiger partial charge in [-0.2, -0.15) is 10.1 Å². The third-order valence-corrected chi connectivity index (χ3v) is 7.37. The normalized spacial score (nSPS) is 19.0. The molecule has 0 aromatic heterocycles. The van der Waals surface area contributed by atoms with Gasteiger partial charge < -0.3 is 10.1 Å². The van der Waals surface area contributed by atoms with Crippen molar-refractivity contribution in [3.8, 4) is 5.75 Å². The number of carbonyl (C=O) groups excluding carboxylic acids is 2. The first-order valence-corrected chi connectivity index (χ1v) is 12.8. The predicted octanol–water partition coefficient (Wildman–Crippen LogP) is 5.67. The summed E-state index contributed by atoms with van der Waals surface area (Å²) in [5.41, 5.74) is 3.16. The van der Waals surface area contributed by atoms with Crippen LogP contribution in [0.15, 0.2) is 82.9 Å². The molecule has 2 aliphatic rings. The molecule has 2 heterocycles. The van der Waals surface area contributed by atoms with Gasteiger partial charge in [0.05, 0.1) is 18.9 Å². The number of hydrogen-bond donors (Lipinski definition) is 1. The number of amidine groups is 1. The fourth-order valence-corrected chi connectivity index (χ4v) is 5.40. The molecule has 10 heteroatoms. The SMILES string of the molecule is COc1ccc(C2=NN(C3=NC(=O)C(CC(=O)Nc4ccc(F)cc4)S3)C(c3cccc(Cl)c3)C2)cc1. The third-order valence-electron chi connectivity index (χ3n) is 5.99. The zero-order valence-corrected chi connectivity index (χ0v) is 21.3. The molecule has 0 bridgehead atoms. The Bertz CT molecular complexity index is 1400. The Morgan fingerprint density at radius 1 is 1.16 bits per heavy atom. The molecule has 2 atom stereocenters. The fourth-order valence-electron chi connectivity index (χ4n) is 4.14. The molecule has 0 spiro atoms.